The number of amides is 1. The van der Waals surface area contributed by atoms with Crippen molar-refractivity contribution >= 4 is 11.9 Å². The fraction of sp³-hybridized carbons (Fsp3) is 0.909. The van der Waals surface area contributed by atoms with E-state index >= 15 is 0 Å². The Hall–Kier alpha value is -1.34. The van der Waals surface area contributed by atoms with Crippen molar-refractivity contribution in [2.45, 2.75) is 64.8 Å². The number of rotatable bonds is 9. The second-order valence-electron chi connectivity index (χ2n) is 9.04. The molecule has 0 bridgehead atoms. The highest BCUT2D eigenvalue weighted by molar-refractivity contribution is 5.79. The van der Waals surface area contributed by atoms with Crippen LogP contribution in [0.2, 0.25) is 0 Å². The Bertz CT molecular complexity index is 502. The van der Waals surface area contributed by atoms with E-state index in [2.05, 4.69) is 39.3 Å². The first-order valence-electron chi connectivity index (χ1n) is 11.7. The van der Waals surface area contributed by atoms with Crippen LogP contribution in [0.3, 0.4) is 0 Å². The minimum atomic E-state index is -0.151. The number of hydrogen-bond donors (Lipinski definition) is 3. The highest BCUT2D eigenvalue weighted by atomic mass is 16.1. The molecule has 168 valence electrons. The number of likely N-dealkylation sites (tertiary alicyclic amines) is 2. The van der Waals surface area contributed by atoms with Crippen LogP contribution in [0.5, 0.6) is 0 Å². The number of guanidine groups is 1. The minimum Gasteiger partial charge on any atom is -0.369 e. The molecule has 0 aromatic carbocycles. The van der Waals surface area contributed by atoms with Crippen molar-refractivity contribution in [3.8, 4) is 0 Å². The van der Waals surface area contributed by atoms with Crippen molar-refractivity contribution in [3.05, 3.63) is 0 Å². The van der Waals surface area contributed by atoms with Gasteiger partial charge in [-0.15, -0.1) is 0 Å². The summed E-state index contributed by atoms with van der Waals surface area (Å²) in [5.41, 5.74) is 5.48. The molecule has 2 heterocycles. The van der Waals surface area contributed by atoms with Crippen molar-refractivity contribution in [3.63, 3.8) is 0 Å². The first-order chi connectivity index (χ1) is 14.0. The number of carbonyl (C=O) groups is 1. The third-order valence-corrected chi connectivity index (χ3v) is 6.43. The van der Waals surface area contributed by atoms with E-state index in [1.807, 2.05) is 7.05 Å². The zero-order chi connectivity index (χ0) is 21.1. The first-order valence-corrected chi connectivity index (χ1v) is 11.7. The number of nitrogens with zero attached hydrogens (tertiary/aromatic N) is 3. The van der Waals surface area contributed by atoms with Gasteiger partial charge in [0.1, 0.15) is 0 Å². The van der Waals surface area contributed by atoms with Crippen molar-refractivity contribution in [1.29, 1.82) is 0 Å². The van der Waals surface area contributed by atoms with E-state index in [9.17, 15) is 4.79 Å². The molecule has 2 unspecified atom stereocenters. The fourth-order valence-electron chi connectivity index (χ4n) is 4.64. The predicted molar refractivity (Wildman–Crippen MR) is 121 cm³/mol. The molecule has 2 atom stereocenters. The maximum Gasteiger partial charge on any atom is 0.221 e. The van der Waals surface area contributed by atoms with Gasteiger partial charge in [-0.2, -0.15) is 0 Å². The third-order valence-electron chi connectivity index (χ3n) is 6.43. The van der Waals surface area contributed by atoms with Crippen molar-refractivity contribution in [2.75, 3.05) is 52.9 Å². The second kappa shape index (κ2) is 13.1. The Balaban J connectivity index is 1.69. The highest BCUT2D eigenvalue weighted by Gasteiger charge is 2.24. The summed E-state index contributed by atoms with van der Waals surface area (Å²) in [6, 6.07) is 0.547. The summed E-state index contributed by atoms with van der Waals surface area (Å²) >= 11 is 0. The molecule has 2 rings (SSSR count). The lowest BCUT2D eigenvalue weighted by Gasteiger charge is -2.34. The Kier molecular flexibility index (Phi) is 10.8. The van der Waals surface area contributed by atoms with E-state index in [1.54, 1.807) is 0 Å². The molecule has 0 spiro atoms. The van der Waals surface area contributed by atoms with Crippen LogP contribution in [-0.2, 0) is 4.79 Å². The second-order valence-corrected chi connectivity index (χ2v) is 9.04. The van der Waals surface area contributed by atoms with E-state index in [-0.39, 0.29) is 11.8 Å². The van der Waals surface area contributed by atoms with Gasteiger partial charge < -0.3 is 21.3 Å². The summed E-state index contributed by atoms with van der Waals surface area (Å²) in [5.74, 6) is 1.38. The minimum absolute atomic E-state index is 0.0260. The zero-order valence-electron chi connectivity index (χ0n) is 19.0. The van der Waals surface area contributed by atoms with E-state index in [1.165, 1.54) is 38.8 Å². The Morgan fingerprint density at radius 1 is 1.10 bits per heavy atom. The lowest BCUT2D eigenvalue weighted by molar-refractivity contribution is -0.123. The molecule has 0 aromatic rings. The standard InChI is InChI=1S/C22H44N6O/c1-18(2)20(28-14-6-4-5-7-15-28)16-26-22(24-3)25-11-9-13-27-12-8-10-19(17-27)21(23)29/h18-20H,4-17H2,1-3H3,(H2,23,29)(H2,24,25,26). The lowest BCUT2D eigenvalue weighted by Crippen LogP contribution is -2.50. The molecule has 0 saturated carbocycles. The SMILES string of the molecule is CN=C(NCCCN1CCCC(C(N)=O)C1)NCC(C(C)C)N1CCCCCC1. The van der Waals surface area contributed by atoms with Crippen molar-refractivity contribution in [2.24, 2.45) is 22.6 Å². The molecule has 2 fully saturated rings. The van der Waals surface area contributed by atoms with Crippen LogP contribution in [0.4, 0.5) is 0 Å². The predicted octanol–water partition coefficient (Wildman–Crippen LogP) is 1.64. The Labute approximate surface area is 177 Å². The maximum atomic E-state index is 11.4. The van der Waals surface area contributed by atoms with Crippen LogP contribution in [0, 0.1) is 11.8 Å². The number of nitrogens with two attached hydrogens (primary N) is 1. The topological polar surface area (TPSA) is 86.0 Å². The number of carbonyl (C=O) groups excluding carboxylic acids is 1. The smallest absolute Gasteiger partial charge is 0.221 e. The quantitative estimate of drug-likeness (QED) is 0.307. The molecule has 4 N–H and O–H groups in total. The van der Waals surface area contributed by atoms with Gasteiger partial charge in [0.15, 0.2) is 5.96 Å². The number of piperidine rings is 1. The summed E-state index contributed by atoms with van der Waals surface area (Å²) in [4.78, 5) is 20.9. The molecule has 0 aliphatic carbocycles. The molecule has 2 aliphatic heterocycles. The van der Waals surface area contributed by atoms with Gasteiger partial charge in [0, 0.05) is 32.7 Å². The van der Waals surface area contributed by atoms with Gasteiger partial charge >= 0.3 is 0 Å². The molecule has 0 radical (unpaired) electrons. The summed E-state index contributed by atoms with van der Waals surface area (Å²) in [6.07, 6.45) is 8.43. The van der Waals surface area contributed by atoms with Gasteiger partial charge in [-0.05, 0) is 64.2 Å². The average molecular weight is 409 g/mol. The number of aliphatic imine (C=N–C) groups is 1. The first kappa shape index (κ1) is 23.9. The van der Waals surface area contributed by atoms with Gasteiger partial charge in [-0.25, -0.2) is 0 Å². The number of primary amides is 1. The molecular formula is C22H44N6O. The van der Waals surface area contributed by atoms with Gasteiger partial charge in [0.05, 0.1) is 5.92 Å². The fourth-order valence-corrected chi connectivity index (χ4v) is 4.64. The molecular weight excluding hydrogens is 364 g/mol. The lowest BCUT2D eigenvalue weighted by atomic mass is 9.97. The van der Waals surface area contributed by atoms with Gasteiger partial charge in [0.2, 0.25) is 5.91 Å². The van der Waals surface area contributed by atoms with Crippen molar-refractivity contribution in [1.82, 2.24) is 20.4 Å². The number of nitrogens with one attached hydrogen (secondary N) is 2. The molecule has 2 saturated heterocycles. The largest absolute Gasteiger partial charge is 0.369 e. The highest BCUT2D eigenvalue weighted by Crippen LogP contribution is 2.17. The molecule has 7 nitrogen and oxygen atoms in total. The summed E-state index contributed by atoms with van der Waals surface area (Å²) in [6.45, 7) is 11.8. The van der Waals surface area contributed by atoms with Crippen LogP contribution in [0.25, 0.3) is 0 Å². The van der Waals surface area contributed by atoms with Crippen LogP contribution >= 0.6 is 0 Å². The normalized spacial score (nSPS) is 23.6. The van der Waals surface area contributed by atoms with E-state index in [4.69, 9.17) is 5.73 Å². The van der Waals surface area contributed by atoms with Crippen LogP contribution in [0.15, 0.2) is 4.99 Å². The zero-order valence-corrected chi connectivity index (χ0v) is 19.0. The van der Waals surface area contributed by atoms with Crippen LogP contribution < -0.4 is 16.4 Å². The molecule has 0 aromatic heterocycles. The van der Waals surface area contributed by atoms with E-state index < -0.39 is 0 Å². The van der Waals surface area contributed by atoms with Crippen LogP contribution in [0.1, 0.15) is 58.8 Å². The molecule has 29 heavy (non-hydrogen) atoms. The average Bonchev–Trinajstić information content (AvgIpc) is 2.99. The Morgan fingerprint density at radius 3 is 2.45 bits per heavy atom. The number of hydrogen-bond acceptors (Lipinski definition) is 4. The van der Waals surface area contributed by atoms with Crippen LogP contribution in [-0.4, -0.2) is 80.6 Å². The summed E-state index contributed by atoms with van der Waals surface area (Å²) in [5, 5.41) is 7.01. The molecule has 7 heteroatoms. The Morgan fingerprint density at radius 2 is 1.83 bits per heavy atom. The third kappa shape index (κ3) is 8.51. The monoisotopic (exact) mass is 408 g/mol. The molecule has 2 aliphatic rings. The van der Waals surface area contributed by atoms with Crippen molar-refractivity contribution < 1.29 is 4.79 Å². The van der Waals surface area contributed by atoms with E-state index in [0.717, 1.165) is 57.9 Å². The van der Waals surface area contributed by atoms with Gasteiger partial charge in [-0.3, -0.25) is 14.7 Å². The summed E-state index contributed by atoms with van der Waals surface area (Å²) < 4.78 is 0. The van der Waals surface area contributed by atoms with E-state index in [0.29, 0.717) is 12.0 Å². The summed E-state index contributed by atoms with van der Waals surface area (Å²) in [7, 11) is 1.84. The molecule has 1 amide bonds. The maximum absolute atomic E-state index is 11.4. The van der Waals surface area contributed by atoms with Gasteiger partial charge in [0.25, 0.3) is 0 Å². The van der Waals surface area contributed by atoms with Gasteiger partial charge in [-0.1, -0.05) is 26.7 Å².